The van der Waals surface area contributed by atoms with Crippen LogP contribution < -0.4 is 4.74 Å². The summed E-state index contributed by atoms with van der Waals surface area (Å²) in [5.74, 6) is -0.516. The Bertz CT molecular complexity index is 437. The zero-order chi connectivity index (χ0) is 13.8. The molecule has 0 radical (unpaired) electrons. The first kappa shape index (κ1) is 14.7. The number of halogens is 4. The van der Waals surface area contributed by atoms with Crippen LogP contribution in [-0.4, -0.2) is 16.6 Å². The zero-order valence-corrected chi connectivity index (χ0v) is 10.6. The first-order valence-electron chi connectivity index (χ1n) is 4.93. The van der Waals surface area contributed by atoms with E-state index in [1.54, 1.807) is 0 Å². The monoisotopic (exact) mass is 327 g/mol. The van der Waals surface area contributed by atoms with Gasteiger partial charge in [-0.1, -0.05) is 22.0 Å². The molecule has 4 nitrogen and oxygen atoms in total. The van der Waals surface area contributed by atoms with E-state index in [1.807, 2.05) is 0 Å². The third-order valence-electron chi connectivity index (χ3n) is 2.09. The van der Waals surface area contributed by atoms with E-state index >= 15 is 0 Å². The summed E-state index contributed by atoms with van der Waals surface area (Å²) in [6.45, 7) is 0. The van der Waals surface area contributed by atoms with Crippen LogP contribution in [0.4, 0.5) is 18.9 Å². The molecule has 0 N–H and O–H groups in total. The Labute approximate surface area is 109 Å². The largest absolute Gasteiger partial charge is 0.573 e. The molecule has 0 spiro atoms. The lowest BCUT2D eigenvalue weighted by Gasteiger charge is -2.13. The molecule has 0 saturated carbocycles. The van der Waals surface area contributed by atoms with Gasteiger partial charge in [0.1, 0.15) is 5.75 Å². The fourth-order valence-electron chi connectivity index (χ4n) is 1.44. The summed E-state index contributed by atoms with van der Waals surface area (Å²) in [7, 11) is 0. The maximum atomic E-state index is 12.2. The van der Waals surface area contributed by atoms with Crippen molar-refractivity contribution in [3.8, 4) is 5.75 Å². The second-order valence-electron chi connectivity index (χ2n) is 3.35. The molecule has 1 aromatic carbocycles. The highest BCUT2D eigenvalue weighted by Gasteiger charge is 2.33. The molecule has 0 heterocycles. The van der Waals surface area contributed by atoms with Gasteiger partial charge in [0.15, 0.2) is 0 Å². The second kappa shape index (κ2) is 6.03. The van der Waals surface area contributed by atoms with Gasteiger partial charge in [-0.05, 0) is 18.9 Å². The molecule has 0 aliphatic rings. The van der Waals surface area contributed by atoms with Gasteiger partial charge in [-0.15, -0.1) is 13.2 Å². The number of ether oxygens (including phenoxy) is 1. The molecule has 0 saturated heterocycles. The van der Waals surface area contributed by atoms with Gasteiger partial charge < -0.3 is 4.74 Å². The summed E-state index contributed by atoms with van der Waals surface area (Å²) in [6, 6.07) is 3.40. The van der Waals surface area contributed by atoms with Gasteiger partial charge in [0.25, 0.3) is 5.69 Å². The van der Waals surface area contributed by atoms with Crippen molar-refractivity contribution in [3.05, 3.63) is 33.9 Å². The smallest absolute Gasteiger partial charge is 0.405 e. The molecule has 0 atom stereocenters. The topological polar surface area (TPSA) is 52.4 Å². The van der Waals surface area contributed by atoms with E-state index < -0.39 is 17.0 Å². The first-order chi connectivity index (χ1) is 8.35. The van der Waals surface area contributed by atoms with E-state index in [0.29, 0.717) is 11.8 Å². The number of benzene rings is 1. The van der Waals surface area contributed by atoms with E-state index in [1.165, 1.54) is 0 Å². The Morgan fingerprint density at radius 2 is 2.06 bits per heavy atom. The van der Waals surface area contributed by atoms with E-state index in [0.717, 1.165) is 18.2 Å². The van der Waals surface area contributed by atoms with Crippen LogP contribution in [0.3, 0.4) is 0 Å². The summed E-state index contributed by atoms with van der Waals surface area (Å²) < 4.78 is 40.3. The van der Waals surface area contributed by atoms with Crippen molar-refractivity contribution >= 4 is 21.6 Å². The summed E-state index contributed by atoms with van der Waals surface area (Å²) in [6.07, 6.45) is -4.26. The minimum absolute atomic E-state index is 0.0423. The summed E-state index contributed by atoms with van der Waals surface area (Å²) in [4.78, 5) is 10.0. The zero-order valence-electron chi connectivity index (χ0n) is 9.04. The summed E-state index contributed by atoms with van der Waals surface area (Å²) in [5.41, 5.74) is -0.406. The highest BCUT2D eigenvalue weighted by Crippen LogP contribution is 2.33. The minimum atomic E-state index is -4.86. The predicted molar refractivity (Wildman–Crippen MR) is 61.9 cm³/mol. The molecule has 8 heteroatoms. The van der Waals surface area contributed by atoms with Crippen molar-refractivity contribution in [1.29, 1.82) is 0 Å². The molecular formula is C10H9BrF3NO3. The Morgan fingerprint density at radius 1 is 1.39 bits per heavy atom. The van der Waals surface area contributed by atoms with Crippen LogP contribution in [0.1, 0.15) is 12.0 Å². The van der Waals surface area contributed by atoms with E-state index in [9.17, 15) is 23.3 Å². The molecule has 100 valence electrons. The highest BCUT2D eigenvalue weighted by molar-refractivity contribution is 9.09. The first-order valence-corrected chi connectivity index (χ1v) is 6.05. The third-order valence-corrected chi connectivity index (χ3v) is 2.65. The third kappa shape index (κ3) is 4.17. The predicted octanol–water partition coefficient (Wildman–Crippen LogP) is 3.82. The fourth-order valence-corrected chi connectivity index (χ4v) is 1.72. The molecule has 18 heavy (non-hydrogen) atoms. The average molecular weight is 328 g/mol. The lowest BCUT2D eigenvalue weighted by atomic mass is 10.1. The molecule has 0 aromatic heterocycles. The molecular weight excluding hydrogens is 319 g/mol. The molecule has 0 fully saturated rings. The maximum absolute atomic E-state index is 12.2. The number of hydrogen-bond acceptors (Lipinski definition) is 3. The van der Waals surface area contributed by atoms with E-state index in [4.69, 9.17) is 0 Å². The SMILES string of the molecule is O=[N+]([O-])c1cccc(OC(F)(F)F)c1CCCBr. The number of nitro benzene ring substituents is 1. The molecule has 0 unspecified atom stereocenters. The van der Waals surface area contributed by atoms with Crippen LogP contribution in [0.15, 0.2) is 18.2 Å². The van der Waals surface area contributed by atoms with Gasteiger partial charge in [-0.2, -0.15) is 0 Å². The number of hydrogen-bond donors (Lipinski definition) is 0. The summed E-state index contributed by atoms with van der Waals surface area (Å²) >= 11 is 3.12. The van der Waals surface area contributed by atoms with Crippen molar-refractivity contribution < 1.29 is 22.8 Å². The van der Waals surface area contributed by atoms with Crippen molar-refractivity contribution in [2.24, 2.45) is 0 Å². The molecule has 0 aliphatic heterocycles. The van der Waals surface area contributed by atoms with Crippen LogP contribution in [0.5, 0.6) is 5.75 Å². The summed E-state index contributed by atoms with van der Waals surface area (Å²) in [5, 5.41) is 11.3. The van der Waals surface area contributed by atoms with Gasteiger partial charge >= 0.3 is 6.36 Å². The number of nitrogens with zero attached hydrogens (tertiary/aromatic N) is 1. The van der Waals surface area contributed by atoms with Gasteiger partial charge in [-0.25, -0.2) is 0 Å². The van der Waals surface area contributed by atoms with Crippen LogP contribution in [0, 0.1) is 10.1 Å². The van der Waals surface area contributed by atoms with Crippen molar-refractivity contribution in [2.75, 3.05) is 5.33 Å². The standard InChI is InChI=1S/C10H9BrF3NO3/c11-6-2-3-7-8(15(16)17)4-1-5-9(7)18-10(12,13)14/h1,4-5H,2-3,6H2. The second-order valence-corrected chi connectivity index (χ2v) is 4.14. The Hall–Kier alpha value is -1.31. The van der Waals surface area contributed by atoms with Gasteiger partial charge in [0.2, 0.25) is 0 Å². The van der Waals surface area contributed by atoms with E-state index in [-0.39, 0.29) is 17.7 Å². The Morgan fingerprint density at radius 3 is 2.56 bits per heavy atom. The Balaban J connectivity index is 3.15. The quantitative estimate of drug-likeness (QED) is 0.469. The van der Waals surface area contributed by atoms with E-state index in [2.05, 4.69) is 20.7 Å². The van der Waals surface area contributed by atoms with Gasteiger partial charge in [0.05, 0.1) is 10.5 Å². The molecule has 0 bridgehead atoms. The molecule has 1 aromatic rings. The minimum Gasteiger partial charge on any atom is -0.405 e. The van der Waals surface area contributed by atoms with Crippen molar-refractivity contribution in [2.45, 2.75) is 19.2 Å². The highest BCUT2D eigenvalue weighted by atomic mass is 79.9. The van der Waals surface area contributed by atoms with Crippen LogP contribution in [0.25, 0.3) is 0 Å². The average Bonchev–Trinajstić information content (AvgIpc) is 2.24. The van der Waals surface area contributed by atoms with Crippen LogP contribution in [-0.2, 0) is 6.42 Å². The van der Waals surface area contributed by atoms with Crippen molar-refractivity contribution in [1.82, 2.24) is 0 Å². The number of nitro groups is 1. The fraction of sp³-hybridized carbons (Fsp3) is 0.400. The molecule has 1 rings (SSSR count). The normalized spacial score (nSPS) is 11.3. The molecule has 0 amide bonds. The number of alkyl halides is 4. The van der Waals surface area contributed by atoms with Crippen molar-refractivity contribution in [3.63, 3.8) is 0 Å². The lowest BCUT2D eigenvalue weighted by molar-refractivity contribution is -0.385. The number of rotatable bonds is 5. The lowest BCUT2D eigenvalue weighted by Crippen LogP contribution is -2.18. The van der Waals surface area contributed by atoms with Gasteiger partial charge in [0, 0.05) is 11.4 Å². The molecule has 0 aliphatic carbocycles. The van der Waals surface area contributed by atoms with Crippen LogP contribution in [0.2, 0.25) is 0 Å². The maximum Gasteiger partial charge on any atom is 0.573 e. The van der Waals surface area contributed by atoms with Gasteiger partial charge in [-0.3, -0.25) is 10.1 Å². The Kier molecular flexibility index (Phi) is 4.94. The van der Waals surface area contributed by atoms with Crippen LogP contribution >= 0.6 is 15.9 Å².